The number of benzene rings is 1. The number of hydrogen-bond donors (Lipinski definition) is 2. The minimum atomic E-state index is -1.77. The van der Waals surface area contributed by atoms with Gasteiger partial charge < -0.3 is 30.1 Å². The molecule has 0 spiro atoms. The van der Waals surface area contributed by atoms with Crippen molar-refractivity contribution in [3.05, 3.63) is 60.5 Å². The van der Waals surface area contributed by atoms with Crippen LogP contribution in [0.1, 0.15) is 62.7 Å². The van der Waals surface area contributed by atoms with E-state index in [1.165, 1.54) is 6.08 Å². The lowest BCUT2D eigenvalue weighted by Crippen LogP contribution is -2.46. The van der Waals surface area contributed by atoms with Gasteiger partial charge in [-0.15, -0.1) is 0 Å². The van der Waals surface area contributed by atoms with Gasteiger partial charge in [-0.3, -0.25) is 4.79 Å². The van der Waals surface area contributed by atoms with Crippen LogP contribution in [-0.2, 0) is 0 Å². The summed E-state index contributed by atoms with van der Waals surface area (Å²) in [6.45, 7) is 13.9. The molecule has 2 heterocycles. The molecule has 0 aromatic heterocycles. The summed E-state index contributed by atoms with van der Waals surface area (Å²) in [6.07, 6.45) is 9.08. The SMILES string of the molecule is C=C[C@@]1(F)CN(C2CCCC2)C(=N/C(C)Nc2ccc(C(=O)NC3CCN(C)CC3)cc2OC)/C(=C\C)N(C)C1=C. The van der Waals surface area contributed by atoms with E-state index >= 15 is 4.39 Å². The van der Waals surface area contributed by atoms with Crippen LogP contribution in [0.5, 0.6) is 5.75 Å². The van der Waals surface area contributed by atoms with Gasteiger partial charge in [0.2, 0.25) is 0 Å². The molecule has 224 valence electrons. The van der Waals surface area contributed by atoms with Crippen molar-refractivity contribution in [2.45, 2.75) is 76.3 Å². The molecule has 9 heteroatoms. The number of methoxy groups -OCH3 is 1. The van der Waals surface area contributed by atoms with Gasteiger partial charge in [-0.25, -0.2) is 9.38 Å². The van der Waals surface area contributed by atoms with Crippen molar-refractivity contribution in [3.63, 3.8) is 0 Å². The molecule has 2 saturated heterocycles. The maximum absolute atomic E-state index is 16.2. The second-order valence-electron chi connectivity index (χ2n) is 11.6. The molecule has 8 nitrogen and oxygen atoms in total. The average molecular weight is 567 g/mol. The van der Waals surface area contributed by atoms with Crippen molar-refractivity contribution in [1.29, 1.82) is 0 Å². The Balaban J connectivity index is 1.58. The van der Waals surface area contributed by atoms with Gasteiger partial charge in [0.1, 0.15) is 17.8 Å². The van der Waals surface area contributed by atoms with Crippen LogP contribution in [0.25, 0.3) is 0 Å². The number of amidine groups is 1. The number of anilines is 1. The Morgan fingerprint density at radius 2 is 1.90 bits per heavy atom. The molecule has 4 rings (SSSR count). The van der Waals surface area contributed by atoms with Crippen LogP contribution in [-0.4, -0.2) is 91.2 Å². The van der Waals surface area contributed by atoms with Gasteiger partial charge in [-0.2, -0.15) is 0 Å². The summed E-state index contributed by atoms with van der Waals surface area (Å²) >= 11 is 0. The third-order valence-corrected chi connectivity index (χ3v) is 8.71. The molecule has 1 aromatic carbocycles. The average Bonchev–Trinajstić information content (AvgIpc) is 3.49. The molecule has 41 heavy (non-hydrogen) atoms. The van der Waals surface area contributed by atoms with Crippen molar-refractivity contribution in [1.82, 2.24) is 20.0 Å². The number of aliphatic imine (C=N–C) groups is 1. The van der Waals surface area contributed by atoms with Gasteiger partial charge in [0.15, 0.2) is 5.67 Å². The number of rotatable bonds is 8. The molecule has 1 aromatic rings. The maximum atomic E-state index is 16.2. The van der Waals surface area contributed by atoms with Crippen LogP contribution >= 0.6 is 0 Å². The number of ether oxygens (including phenoxy) is 1. The monoisotopic (exact) mass is 566 g/mol. The van der Waals surface area contributed by atoms with E-state index in [0.29, 0.717) is 17.0 Å². The molecular weight excluding hydrogens is 519 g/mol. The summed E-state index contributed by atoms with van der Waals surface area (Å²) in [5.74, 6) is 1.20. The number of carbonyl (C=O) groups is 1. The van der Waals surface area contributed by atoms with E-state index in [4.69, 9.17) is 9.73 Å². The van der Waals surface area contributed by atoms with E-state index < -0.39 is 5.67 Å². The Morgan fingerprint density at radius 1 is 1.22 bits per heavy atom. The number of allylic oxidation sites excluding steroid dienone is 1. The predicted octanol–water partition coefficient (Wildman–Crippen LogP) is 5.18. The van der Waals surface area contributed by atoms with Crippen LogP contribution in [0.15, 0.2) is 59.9 Å². The standard InChI is InChI=1S/C32H47FN6O2/c1-8-28-30(39(26-12-10-11-13-26)21-32(33,9-2)22(3)38(28)6)35-23(4)34-27-15-14-24(20-29(27)41-7)31(40)36-25-16-18-37(5)19-17-25/h8-9,14-15,20,23,25-26,34H,2-3,10-13,16-19,21H2,1,4-7H3,(H,36,40)/b28-8+,35-30+/t23?,32-/m1/s1. The zero-order chi connectivity index (χ0) is 29.7. The fourth-order valence-corrected chi connectivity index (χ4v) is 6.11. The quantitative estimate of drug-likeness (QED) is 0.423. The highest BCUT2D eigenvalue weighted by molar-refractivity contribution is 5.99. The molecule has 3 aliphatic rings. The topological polar surface area (TPSA) is 72.4 Å². The Hall–Kier alpha value is -3.33. The number of likely N-dealkylation sites (tertiary alicyclic amines) is 1. The van der Waals surface area contributed by atoms with E-state index in [2.05, 4.69) is 40.6 Å². The molecule has 0 radical (unpaired) electrons. The molecule has 1 aliphatic carbocycles. The number of nitrogens with one attached hydrogen (secondary N) is 2. The summed E-state index contributed by atoms with van der Waals surface area (Å²) in [7, 11) is 5.53. The van der Waals surface area contributed by atoms with E-state index in [1.54, 1.807) is 18.1 Å². The van der Waals surface area contributed by atoms with Gasteiger partial charge in [0.25, 0.3) is 5.91 Å². The Kier molecular flexibility index (Phi) is 9.79. The number of piperidine rings is 1. The van der Waals surface area contributed by atoms with E-state index in [0.717, 1.165) is 68.8 Å². The van der Waals surface area contributed by atoms with E-state index in [9.17, 15) is 4.79 Å². The first-order valence-electron chi connectivity index (χ1n) is 14.8. The van der Waals surface area contributed by atoms with Gasteiger partial charge in [-0.1, -0.05) is 32.1 Å². The van der Waals surface area contributed by atoms with Crippen molar-refractivity contribution in [3.8, 4) is 5.75 Å². The van der Waals surface area contributed by atoms with Gasteiger partial charge in [0.05, 0.1) is 30.7 Å². The van der Waals surface area contributed by atoms with Crippen LogP contribution in [0, 0.1) is 0 Å². The molecule has 0 bridgehead atoms. The van der Waals surface area contributed by atoms with Crippen LogP contribution in [0.4, 0.5) is 10.1 Å². The van der Waals surface area contributed by atoms with Crippen LogP contribution < -0.4 is 15.4 Å². The van der Waals surface area contributed by atoms with Crippen LogP contribution in [0.2, 0.25) is 0 Å². The smallest absolute Gasteiger partial charge is 0.251 e. The van der Waals surface area contributed by atoms with Gasteiger partial charge in [0, 0.05) is 24.7 Å². The normalized spacial score (nSPS) is 25.9. The molecular formula is C32H47FN6O2. The largest absolute Gasteiger partial charge is 0.495 e. The fraction of sp³-hybridized carbons (Fsp3) is 0.562. The van der Waals surface area contributed by atoms with Gasteiger partial charge in [-0.05, 0) is 83.9 Å². The Morgan fingerprint density at radius 3 is 2.51 bits per heavy atom. The lowest BCUT2D eigenvalue weighted by molar-refractivity contribution is 0.0916. The highest BCUT2D eigenvalue weighted by atomic mass is 19.1. The van der Waals surface area contributed by atoms with Gasteiger partial charge >= 0.3 is 0 Å². The summed E-state index contributed by atoms with van der Waals surface area (Å²) in [5.41, 5.74) is 0.677. The van der Waals surface area contributed by atoms with E-state index in [-0.39, 0.29) is 30.7 Å². The fourth-order valence-electron chi connectivity index (χ4n) is 6.11. The first-order valence-corrected chi connectivity index (χ1v) is 14.8. The zero-order valence-corrected chi connectivity index (χ0v) is 25.4. The Labute approximate surface area is 245 Å². The minimum absolute atomic E-state index is 0.0960. The Bertz CT molecular complexity index is 1180. The zero-order valence-electron chi connectivity index (χ0n) is 25.4. The highest BCUT2D eigenvalue weighted by Crippen LogP contribution is 2.37. The first-order chi connectivity index (χ1) is 19.6. The molecule has 2 aliphatic heterocycles. The highest BCUT2D eigenvalue weighted by Gasteiger charge is 2.43. The predicted molar refractivity (Wildman–Crippen MR) is 165 cm³/mol. The molecule has 2 N–H and O–H groups in total. The summed E-state index contributed by atoms with van der Waals surface area (Å²) in [5, 5.41) is 6.60. The summed E-state index contributed by atoms with van der Waals surface area (Å²) < 4.78 is 21.9. The number of alkyl halides is 1. The molecule has 1 unspecified atom stereocenters. The number of likely N-dealkylation sites (N-methyl/N-ethyl adjacent to an activating group) is 1. The summed E-state index contributed by atoms with van der Waals surface area (Å²) in [4.78, 5) is 24.3. The van der Waals surface area contributed by atoms with Crippen molar-refractivity contribution < 1.29 is 13.9 Å². The second-order valence-corrected chi connectivity index (χ2v) is 11.6. The lowest BCUT2D eigenvalue weighted by Gasteiger charge is -2.34. The molecule has 1 saturated carbocycles. The third-order valence-electron chi connectivity index (χ3n) is 8.71. The minimum Gasteiger partial charge on any atom is -0.495 e. The number of hydrogen-bond acceptors (Lipinski definition) is 6. The first kappa shape index (κ1) is 30.6. The number of carbonyl (C=O) groups excluding carboxylic acids is 1. The number of amides is 1. The lowest BCUT2D eigenvalue weighted by atomic mass is 10.0. The number of nitrogens with zero attached hydrogens (tertiary/aromatic N) is 4. The molecule has 3 fully saturated rings. The van der Waals surface area contributed by atoms with Crippen molar-refractivity contribution in [2.75, 3.05) is 46.2 Å². The second kappa shape index (κ2) is 13.1. The maximum Gasteiger partial charge on any atom is 0.251 e. The van der Waals surface area contributed by atoms with Crippen molar-refractivity contribution in [2.24, 2.45) is 4.99 Å². The molecule has 1 amide bonds. The third kappa shape index (κ3) is 6.77. The van der Waals surface area contributed by atoms with Crippen LogP contribution in [0.3, 0.4) is 0 Å². The van der Waals surface area contributed by atoms with Crippen molar-refractivity contribution >= 4 is 17.4 Å². The van der Waals surface area contributed by atoms with E-state index in [1.807, 2.05) is 39.1 Å². The summed E-state index contributed by atoms with van der Waals surface area (Å²) in [6, 6.07) is 5.81. The number of halogens is 1. The molecule has 2 atom stereocenters.